The third-order valence-corrected chi connectivity index (χ3v) is 7.30. The van der Waals surface area contributed by atoms with Crippen molar-refractivity contribution in [3.63, 3.8) is 0 Å². The molecule has 0 aromatic heterocycles. The Morgan fingerprint density at radius 3 is 2.10 bits per heavy atom. The molecule has 2 fully saturated rings. The molecule has 1 aromatic carbocycles. The number of amides is 2. The van der Waals surface area contributed by atoms with Gasteiger partial charge in [0.1, 0.15) is 74.4 Å². The normalized spacial score (nSPS) is 30.3. The van der Waals surface area contributed by atoms with Crippen LogP contribution in [0.2, 0.25) is 0 Å². The lowest BCUT2D eigenvalue weighted by atomic mass is 9.97. The molecule has 272 valence electrons. The molecule has 48 heavy (non-hydrogen) atoms. The molecule has 0 bridgehead atoms. The van der Waals surface area contributed by atoms with Crippen molar-refractivity contribution in [3.8, 4) is 5.75 Å². The van der Waals surface area contributed by atoms with E-state index in [-0.39, 0.29) is 39.3 Å². The third kappa shape index (κ3) is 11.3. The Hall–Kier alpha value is -3.05. The molecule has 2 aliphatic heterocycles. The second kappa shape index (κ2) is 19.8. The van der Waals surface area contributed by atoms with Crippen molar-refractivity contribution in [2.24, 2.45) is 0 Å². The summed E-state index contributed by atoms with van der Waals surface area (Å²) in [7, 11) is 1.27. The maximum Gasteiger partial charge on any atom is 0.337 e. The van der Waals surface area contributed by atoms with Crippen LogP contribution in [0.1, 0.15) is 16.8 Å². The van der Waals surface area contributed by atoms with Crippen molar-refractivity contribution in [3.05, 3.63) is 29.8 Å². The highest BCUT2D eigenvalue weighted by Gasteiger charge is 2.50. The van der Waals surface area contributed by atoms with Gasteiger partial charge in [-0.3, -0.25) is 9.59 Å². The number of hydrogen-bond acceptors (Lipinski definition) is 17. The van der Waals surface area contributed by atoms with Crippen molar-refractivity contribution < 1.29 is 83.3 Å². The van der Waals surface area contributed by atoms with Crippen molar-refractivity contribution in [1.29, 1.82) is 0 Å². The molecule has 0 aliphatic carbocycles. The van der Waals surface area contributed by atoms with E-state index in [1.165, 1.54) is 13.2 Å². The molecule has 10 atom stereocenters. The summed E-state index contributed by atoms with van der Waals surface area (Å²) in [5.41, 5.74) is 0.324. The second-order valence-corrected chi connectivity index (χ2v) is 10.8. The number of aliphatic hydroxyl groups is 7. The highest BCUT2D eigenvalue weighted by molar-refractivity contribution is 5.89. The first-order chi connectivity index (χ1) is 23.0. The number of aliphatic hydroxyl groups excluding tert-OH is 7. The molecule has 2 saturated heterocycles. The summed E-state index contributed by atoms with van der Waals surface area (Å²) in [5.74, 6) is -1.06. The fraction of sp³-hybridized carbons (Fsp3) is 0.690. The Morgan fingerprint density at radius 2 is 1.44 bits per heavy atom. The molecule has 1 aromatic rings. The van der Waals surface area contributed by atoms with Gasteiger partial charge in [0.05, 0.1) is 39.0 Å². The maximum absolute atomic E-state index is 12.0. The van der Waals surface area contributed by atoms with Crippen LogP contribution in [0.5, 0.6) is 5.75 Å². The van der Waals surface area contributed by atoms with Gasteiger partial charge in [0.15, 0.2) is 12.6 Å². The van der Waals surface area contributed by atoms with Crippen LogP contribution in [0.3, 0.4) is 0 Å². The van der Waals surface area contributed by atoms with E-state index >= 15 is 0 Å². The molecular weight excluding hydrogens is 648 g/mol. The summed E-state index contributed by atoms with van der Waals surface area (Å²) in [6.45, 7) is -1.84. The molecule has 2 heterocycles. The van der Waals surface area contributed by atoms with Crippen LogP contribution in [-0.2, 0) is 38.0 Å². The summed E-state index contributed by atoms with van der Waals surface area (Å²) in [5, 5.41) is 75.5. The topological polar surface area (TPSA) is 281 Å². The molecule has 0 saturated carbocycles. The Bertz CT molecular complexity index is 1160. The van der Waals surface area contributed by atoms with Crippen LogP contribution < -0.4 is 15.4 Å². The van der Waals surface area contributed by atoms with Gasteiger partial charge in [-0.25, -0.2) is 4.79 Å². The van der Waals surface area contributed by atoms with E-state index in [9.17, 15) is 50.1 Å². The average molecular weight is 693 g/mol. The molecule has 19 nitrogen and oxygen atoms in total. The largest absolute Gasteiger partial charge is 0.492 e. The number of carbonyl (C=O) groups excluding carboxylic acids is 3. The summed E-state index contributed by atoms with van der Waals surface area (Å²) in [6.07, 6.45) is -15.4. The summed E-state index contributed by atoms with van der Waals surface area (Å²) >= 11 is 0. The third-order valence-electron chi connectivity index (χ3n) is 7.30. The summed E-state index contributed by atoms with van der Waals surface area (Å²) in [6, 6.07) is 6.36. The van der Waals surface area contributed by atoms with Gasteiger partial charge in [-0.1, -0.05) is 6.07 Å². The Morgan fingerprint density at radius 1 is 0.792 bits per heavy atom. The van der Waals surface area contributed by atoms with Crippen molar-refractivity contribution >= 4 is 17.8 Å². The number of rotatable bonds is 18. The van der Waals surface area contributed by atoms with Gasteiger partial charge in [-0.05, 0) is 24.6 Å². The maximum atomic E-state index is 12.0. The van der Waals surface area contributed by atoms with E-state index in [0.29, 0.717) is 11.3 Å². The minimum atomic E-state index is -1.78. The summed E-state index contributed by atoms with van der Waals surface area (Å²) < 4.78 is 37.0. The number of ether oxygens (including phenoxy) is 7. The molecule has 2 aliphatic rings. The Kier molecular flexibility index (Phi) is 16.3. The number of nitrogens with one attached hydrogen (secondary N) is 2. The van der Waals surface area contributed by atoms with Gasteiger partial charge in [-0.15, -0.1) is 0 Å². The number of carbonyl (C=O) groups is 3. The molecule has 19 heteroatoms. The smallest absolute Gasteiger partial charge is 0.337 e. The predicted octanol–water partition coefficient (Wildman–Crippen LogP) is -4.87. The highest BCUT2D eigenvalue weighted by atomic mass is 16.7. The molecular formula is C29H44N2O17. The minimum absolute atomic E-state index is 0.0522. The van der Waals surface area contributed by atoms with E-state index in [0.717, 1.165) is 0 Å². The number of benzene rings is 1. The van der Waals surface area contributed by atoms with E-state index in [1.807, 2.05) is 0 Å². The number of esters is 1. The fourth-order valence-electron chi connectivity index (χ4n) is 4.72. The molecule has 0 spiro atoms. The molecule has 2 amide bonds. The zero-order valence-corrected chi connectivity index (χ0v) is 26.2. The Labute approximate surface area is 275 Å². The lowest BCUT2D eigenvalue weighted by Crippen LogP contribution is -2.64. The lowest BCUT2D eigenvalue weighted by molar-refractivity contribution is -0.359. The standard InChI is InChI=1S/C29H44N2O17/c1-42-27(41)15-4-2-5-16(10-15)44-9-7-31-20(35)14-43-13-19(34)30-6-3-8-45-28-25(40)23(38)26(18(12-33)47-28)48-29-24(39)22(37)21(36)17(11-32)46-29/h2,4-5,10,17-18,21-26,28-29,32-33,36-40H,3,6-9,11-14H2,1H3,(H,30,34)(H,31,35)/t17-,18-,21+,22+,23-,24-,25-,26+,28-,29-/m1/s1. The number of methoxy groups -OCH3 is 1. The van der Waals surface area contributed by atoms with E-state index in [4.69, 9.17) is 28.4 Å². The first-order valence-electron chi connectivity index (χ1n) is 15.1. The van der Waals surface area contributed by atoms with Gasteiger partial charge in [0, 0.05) is 6.54 Å². The second-order valence-electron chi connectivity index (χ2n) is 10.8. The summed E-state index contributed by atoms with van der Waals surface area (Å²) in [4.78, 5) is 35.5. The molecule has 9 N–H and O–H groups in total. The van der Waals surface area contributed by atoms with Gasteiger partial charge < -0.3 is 79.5 Å². The predicted molar refractivity (Wildman–Crippen MR) is 157 cm³/mol. The molecule has 0 radical (unpaired) electrons. The van der Waals surface area contributed by atoms with Crippen molar-refractivity contribution in [1.82, 2.24) is 10.6 Å². The zero-order valence-electron chi connectivity index (χ0n) is 26.2. The van der Waals surface area contributed by atoms with Gasteiger partial charge >= 0.3 is 5.97 Å². The average Bonchev–Trinajstić information content (AvgIpc) is 3.09. The Balaban J connectivity index is 1.28. The van der Waals surface area contributed by atoms with Crippen LogP contribution in [0.15, 0.2) is 24.3 Å². The van der Waals surface area contributed by atoms with E-state index < -0.39 is 99.0 Å². The van der Waals surface area contributed by atoms with E-state index in [1.54, 1.807) is 18.2 Å². The first kappa shape index (κ1) is 39.4. The zero-order chi connectivity index (χ0) is 35.2. The highest BCUT2D eigenvalue weighted by Crippen LogP contribution is 2.29. The van der Waals surface area contributed by atoms with Crippen LogP contribution in [0.4, 0.5) is 0 Å². The quantitative estimate of drug-likeness (QED) is 0.0515. The lowest BCUT2D eigenvalue weighted by Gasteiger charge is -2.45. The first-order valence-corrected chi connectivity index (χ1v) is 15.1. The van der Waals surface area contributed by atoms with Crippen LogP contribution in [-0.4, -0.2) is 175 Å². The van der Waals surface area contributed by atoms with Crippen molar-refractivity contribution in [2.45, 2.75) is 67.8 Å². The van der Waals surface area contributed by atoms with Crippen molar-refractivity contribution in [2.75, 3.05) is 59.8 Å². The molecule has 0 unspecified atom stereocenters. The monoisotopic (exact) mass is 692 g/mol. The van der Waals surface area contributed by atoms with Gasteiger partial charge in [-0.2, -0.15) is 0 Å². The SMILES string of the molecule is COC(=O)c1cccc(OCCNC(=O)COCC(=O)NCCCO[C@@H]2O[C@H](CO)[C@H](O[C@H]3O[C@H](CO)[C@H](O)[C@H](O)[C@H]3O)[C@H](O)[C@H]2O)c1. The fourth-order valence-corrected chi connectivity index (χ4v) is 4.72. The van der Waals surface area contributed by atoms with Crippen LogP contribution in [0, 0.1) is 0 Å². The number of hydrogen-bond donors (Lipinski definition) is 9. The van der Waals surface area contributed by atoms with Crippen LogP contribution >= 0.6 is 0 Å². The van der Waals surface area contributed by atoms with Gasteiger partial charge in [0.25, 0.3) is 0 Å². The molecule has 3 rings (SSSR count). The van der Waals surface area contributed by atoms with Crippen LogP contribution in [0.25, 0.3) is 0 Å². The van der Waals surface area contributed by atoms with E-state index in [2.05, 4.69) is 15.4 Å². The van der Waals surface area contributed by atoms with Gasteiger partial charge in [0.2, 0.25) is 11.8 Å². The minimum Gasteiger partial charge on any atom is -0.492 e.